The summed E-state index contributed by atoms with van der Waals surface area (Å²) in [4.78, 5) is 8.29. The lowest BCUT2D eigenvalue weighted by molar-refractivity contribution is 0.561. The van der Waals surface area contributed by atoms with E-state index in [1.807, 2.05) is 0 Å². The van der Waals surface area contributed by atoms with Crippen LogP contribution in [0.25, 0.3) is 22.5 Å². The molecule has 2 aromatic heterocycles. The Kier molecular flexibility index (Phi) is 2.33. The first-order valence-electron chi connectivity index (χ1n) is 5.32. The molecule has 2 heterocycles. The highest BCUT2D eigenvalue weighted by atomic mass is 19.1. The van der Waals surface area contributed by atoms with E-state index < -0.39 is 11.6 Å². The van der Waals surface area contributed by atoms with Crippen molar-refractivity contribution in [3.05, 3.63) is 47.9 Å². The van der Waals surface area contributed by atoms with Gasteiger partial charge in [-0.2, -0.15) is 4.98 Å². The Morgan fingerprint density at radius 3 is 2.44 bits per heavy atom. The average molecular weight is 246 g/mol. The van der Waals surface area contributed by atoms with E-state index in [9.17, 15) is 8.78 Å². The largest absolute Gasteiger partial charge is 0.439 e. The van der Waals surface area contributed by atoms with Gasteiger partial charge in [0, 0.05) is 18.6 Å². The number of pyridine rings is 1. The summed E-state index contributed by atoms with van der Waals surface area (Å²) in [6.45, 7) is 1.71. The van der Waals surface area contributed by atoms with Crippen LogP contribution in [0.5, 0.6) is 0 Å². The summed E-state index contributed by atoms with van der Waals surface area (Å²) in [7, 11) is 0. The summed E-state index contributed by atoms with van der Waals surface area (Å²) in [6.07, 6.45) is 0. The molecule has 0 N–H and O–H groups in total. The van der Waals surface area contributed by atoms with Crippen LogP contribution in [0.4, 0.5) is 8.78 Å². The standard InChI is InChI=1S/C13H8F2N2O/c1-7-16-13-12(18-7)3-2-11(17-13)8-4-9(14)6-10(15)5-8/h2-6H,1H3. The van der Waals surface area contributed by atoms with Crippen molar-refractivity contribution in [3.63, 3.8) is 0 Å². The molecule has 0 atom stereocenters. The van der Waals surface area contributed by atoms with Crippen LogP contribution in [0.3, 0.4) is 0 Å². The Morgan fingerprint density at radius 1 is 1.00 bits per heavy atom. The third kappa shape index (κ3) is 1.84. The van der Waals surface area contributed by atoms with E-state index in [-0.39, 0.29) is 0 Å². The van der Waals surface area contributed by atoms with Gasteiger partial charge in [-0.3, -0.25) is 0 Å². The lowest BCUT2D eigenvalue weighted by Gasteiger charge is -2.01. The third-order valence-corrected chi connectivity index (χ3v) is 2.52. The number of nitrogens with zero attached hydrogens (tertiary/aromatic N) is 2. The number of halogens is 2. The van der Waals surface area contributed by atoms with Gasteiger partial charge in [0.2, 0.25) is 0 Å². The molecule has 0 fully saturated rings. The highest BCUT2D eigenvalue weighted by Gasteiger charge is 2.08. The third-order valence-electron chi connectivity index (χ3n) is 2.52. The summed E-state index contributed by atoms with van der Waals surface area (Å²) >= 11 is 0. The van der Waals surface area contributed by atoms with Crippen molar-refractivity contribution in [1.82, 2.24) is 9.97 Å². The summed E-state index contributed by atoms with van der Waals surface area (Å²) in [5.74, 6) is -0.772. The number of benzene rings is 1. The van der Waals surface area contributed by atoms with Crippen molar-refractivity contribution in [3.8, 4) is 11.3 Å². The Morgan fingerprint density at radius 2 is 1.72 bits per heavy atom. The summed E-state index contributed by atoms with van der Waals surface area (Å²) in [5.41, 5.74) is 1.80. The van der Waals surface area contributed by atoms with Gasteiger partial charge in [-0.25, -0.2) is 13.8 Å². The molecule has 3 aromatic rings. The predicted molar refractivity (Wildman–Crippen MR) is 61.9 cm³/mol. The van der Waals surface area contributed by atoms with Gasteiger partial charge in [-0.1, -0.05) is 0 Å². The van der Waals surface area contributed by atoms with Crippen LogP contribution in [-0.2, 0) is 0 Å². The highest BCUT2D eigenvalue weighted by molar-refractivity contribution is 5.73. The zero-order valence-electron chi connectivity index (χ0n) is 9.45. The Balaban J connectivity index is 2.18. The number of fused-ring (bicyclic) bond motifs is 1. The van der Waals surface area contributed by atoms with Crippen molar-refractivity contribution < 1.29 is 13.2 Å². The van der Waals surface area contributed by atoms with E-state index in [0.717, 1.165) is 6.07 Å². The zero-order chi connectivity index (χ0) is 12.7. The molecule has 0 saturated carbocycles. The number of hydrogen-bond acceptors (Lipinski definition) is 3. The van der Waals surface area contributed by atoms with E-state index in [1.165, 1.54) is 12.1 Å². The molecule has 0 aliphatic carbocycles. The van der Waals surface area contributed by atoms with Crippen molar-refractivity contribution in [2.75, 3.05) is 0 Å². The first-order valence-corrected chi connectivity index (χ1v) is 5.32. The van der Waals surface area contributed by atoms with Crippen LogP contribution in [0.1, 0.15) is 5.89 Å². The first kappa shape index (κ1) is 10.8. The molecular formula is C13H8F2N2O. The van der Waals surface area contributed by atoms with Gasteiger partial charge in [-0.05, 0) is 24.3 Å². The highest BCUT2D eigenvalue weighted by Crippen LogP contribution is 2.22. The zero-order valence-corrected chi connectivity index (χ0v) is 9.45. The molecule has 1 aromatic carbocycles. The normalized spacial score (nSPS) is 11.1. The van der Waals surface area contributed by atoms with E-state index >= 15 is 0 Å². The minimum absolute atomic E-state index is 0.370. The van der Waals surface area contributed by atoms with Crippen molar-refractivity contribution in [1.29, 1.82) is 0 Å². The molecule has 0 unspecified atom stereocenters. The quantitative estimate of drug-likeness (QED) is 0.659. The Labute approximate surface area is 101 Å². The van der Waals surface area contributed by atoms with E-state index in [0.29, 0.717) is 28.4 Å². The fourth-order valence-corrected chi connectivity index (χ4v) is 1.79. The number of aromatic nitrogens is 2. The molecule has 0 bridgehead atoms. The number of oxazole rings is 1. The molecule has 0 amide bonds. The minimum atomic E-state index is -0.636. The van der Waals surface area contributed by atoms with Crippen molar-refractivity contribution in [2.45, 2.75) is 6.92 Å². The first-order chi connectivity index (χ1) is 8.61. The molecule has 18 heavy (non-hydrogen) atoms. The molecule has 0 aliphatic rings. The summed E-state index contributed by atoms with van der Waals surface area (Å²) in [6, 6.07) is 6.60. The van der Waals surface area contributed by atoms with Gasteiger partial charge in [-0.15, -0.1) is 0 Å². The molecular weight excluding hydrogens is 238 g/mol. The predicted octanol–water partition coefficient (Wildman–Crippen LogP) is 3.48. The molecule has 3 nitrogen and oxygen atoms in total. The van der Waals surface area contributed by atoms with Gasteiger partial charge in [0.05, 0.1) is 5.69 Å². The average Bonchev–Trinajstić information content (AvgIpc) is 2.66. The molecule has 0 spiro atoms. The molecule has 0 aliphatic heterocycles. The number of rotatable bonds is 1. The SMILES string of the molecule is Cc1nc2nc(-c3cc(F)cc(F)c3)ccc2o1. The second-order valence-corrected chi connectivity index (χ2v) is 3.91. The van der Waals surface area contributed by atoms with Crippen LogP contribution in [0.2, 0.25) is 0 Å². The lowest BCUT2D eigenvalue weighted by atomic mass is 10.1. The van der Waals surface area contributed by atoms with Crippen LogP contribution >= 0.6 is 0 Å². The van der Waals surface area contributed by atoms with Gasteiger partial charge >= 0.3 is 0 Å². The van der Waals surface area contributed by atoms with Gasteiger partial charge in [0.25, 0.3) is 0 Å². The maximum Gasteiger partial charge on any atom is 0.199 e. The van der Waals surface area contributed by atoms with Gasteiger partial charge in [0.1, 0.15) is 11.6 Å². The maximum absolute atomic E-state index is 13.1. The fourth-order valence-electron chi connectivity index (χ4n) is 1.79. The monoisotopic (exact) mass is 246 g/mol. The lowest BCUT2D eigenvalue weighted by Crippen LogP contribution is -1.88. The van der Waals surface area contributed by atoms with Crippen LogP contribution in [0, 0.1) is 18.6 Å². The van der Waals surface area contributed by atoms with E-state index in [1.54, 1.807) is 19.1 Å². The number of hydrogen-bond donors (Lipinski definition) is 0. The topological polar surface area (TPSA) is 38.9 Å². The van der Waals surface area contributed by atoms with Crippen LogP contribution in [0.15, 0.2) is 34.7 Å². The Hall–Kier alpha value is -2.30. The summed E-state index contributed by atoms with van der Waals surface area (Å²) < 4.78 is 31.5. The molecule has 0 radical (unpaired) electrons. The second kappa shape index (κ2) is 3.87. The van der Waals surface area contributed by atoms with Gasteiger partial charge < -0.3 is 4.42 Å². The molecule has 0 saturated heterocycles. The number of aryl methyl sites for hydroxylation is 1. The van der Waals surface area contributed by atoms with Crippen molar-refractivity contribution in [2.24, 2.45) is 0 Å². The molecule has 3 rings (SSSR count). The summed E-state index contributed by atoms with van der Waals surface area (Å²) in [5, 5.41) is 0. The van der Waals surface area contributed by atoms with Gasteiger partial charge in [0.15, 0.2) is 17.1 Å². The van der Waals surface area contributed by atoms with Crippen molar-refractivity contribution >= 4 is 11.2 Å². The molecule has 90 valence electrons. The fraction of sp³-hybridized carbons (Fsp3) is 0.0769. The van der Waals surface area contributed by atoms with Crippen LogP contribution < -0.4 is 0 Å². The smallest absolute Gasteiger partial charge is 0.199 e. The van der Waals surface area contributed by atoms with Crippen LogP contribution in [-0.4, -0.2) is 9.97 Å². The second-order valence-electron chi connectivity index (χ2n) is 3.91. The minimum Gasteiger partial charge on any atom is -0.439 e. The molecule has 5 heteroatoms. The van der Waals surface area contributed by atoms with E-state index in [4.69, 9.17) is 4.42 Å². The maximum atomic E-state index is 13.1. The Bertz CT molecular complexity index is 717. The van der Waals surface area contributed by atoms with E-state index in [2.05, 4.69) is 9.97 Å².